The van der Waals surface area contributed by atoms with E-state index in [-0.39, 0.29) is 17.4 Å². The number of aromatic carboxylic acids is 1. The Hall–Kier alpha value is -2.93. The third-order valence-corrected chi connectivity index (χ3v) is 4.33. The third kappa shape index (κ3) is 3.46. The number of hydrogen-bond acceptors (Lipinski definition) is 5. The minimum absolute atomic E-state index is 0.119. The van der Waals surface area contributed by atoms with Gasteiger partial charge in [-0.05, 0) is 23.9 Å². The minimum atomic E-state index is -1.06. The molecular formula is C18H16N2O4S. The van der Waals surface area contributed by atoms with Gasteiger partial charge in [0.2, 0.25) is 11.8 Å². The molecule has 0 saturated carbocycles. The van der Waals surface area contributed by atoms with E-state index in [0.717, 1.165) is 5.56 Å². The lowest BCUT2D eigenvalue weighted by atomic mass is 9.97. The Labute approximate surface area is 148 Å². The van der Waals surface area contributed by atoms with Gasteiger partial charge in [0.25, 0.3) is 0 Å². The maximum atomic E-state index is 12.0. The molecule has 0 bridgehead atoms. The van der Waals surface area contributed by atoms with E-state index in [9.17, 15) is 14.7 Å². The summed E-state index contributed by atoms with van der Waals surface area (Å²) >= 11 is 1.49. The lowest BCUT2D eigenvalue weighted by Gasteiger charge is -2.08. The molecule has 2 aromatic heterocycles. The molecule has 0 saturated heterocycles. The molecule has 0 fully saturated rings. The summed E-state index contributed by atoms with van der Waals surface area (Å²) in [6.07, 6.45) is 1.03. The van der Waals surface area contributed by atoms with Crippen molar-refractivity contribution >= 4 is 29.1 Å². The van der Waals surface area contributed by atoms with Gasteiger partial charge >= 0.3 is 5.97 Å². The van der Waals surface area contributed by atoms with Crippen LogP contribution in [0.1, 0.15) is 30.1 Å². The Morgan fingerprint density at radius 2 is 2.08 bits per heavy atom. The monoisotopic (exact) mass is 356 g/mol. The van der Waals surface area contributed by atoms with Crippen LogP contribution in [-0.2, 0) is 4.79 Å². The van der Waals surface area contributed by atoms with E-state index < -0.39 is 5.97 Å². The number of thiophene rings is 1. The van der Waals surface area contributed by atoms with Crippen LogP contribution in [0.2, 0.25) is 0 Å². The number of benzene rings is 1. The molecule has 3 aromatic rings. The highest BCUT2D eigenvalue weighted by Crippen LogP contribution is 2.40. The first-order valence-corrected chi connectivity index (χ1v) is 8.71. The molecular weight excluding hydrogens is 340 g/mol. The van der Waals surface area contributed by atoms with Gasteiger partial charge < -0.3 is 9.63 Å². The summed E-state index contributed by atoms with van der Waals surface area (Å²) in [6.45, 7) is 1.90. The van der Waals surface area contributed by atoms with E-state index in [0.29, 0.717) is 29.7 Å². The van der Waals surface area contributed by atoms with Gasteiger partial charge in [-0.1, -0.05) is 30.3 Å². The maximum absolute atomic E-state index is 12.0. The molecule has 1 amide bonds. The van der Waals surface area contributed by atoms with Gasteiger partial charge in [0.05, 0.1) is 11.1 Å². The highest BCUT2D eigenvalue weighted by atomic mass is 32.1. The fraction of sp³-hybridized carbons (Fsp3) is 0.167. The van der Waals surface area contributed by atoms with Crippen LogP contribution in [-0.4, -0.2) is 22.1 Å². The molecule has 128 valence electrons. The van der Waals surface area contributed by atoms with Crippen molar-refractivity contribution in [1.29, 1.82) is 0 Å². The predicted molar refractivity (Wildman–Crippen MR) is 95.7 cm³/mol. The molecule has 1 aromatic carbocycles. The van der Waals surface area contributed by atoms with Crippen LogP contribution in [0.5, 0.6) is 0 Å². The van der Waals surface area contributed by atoms with E-state index >= 15 is 0 Å². The van der Waals surface area contributed by atoms with Crippen LogP contribution in [0.25, 0.3) is 22.4 Å². The highest BCUT2D eigenvalue weighted by molar-refractivity contribution is 7.08. The first-order valence-electron chi connectivity index (χ1n) is 7.76. The predicted octanol–water partition coefficient (Wildman–Crippen LogP) is 4.51. The largest absolute Gasteiger partial charge is 0.478 e. The fourth-order valence-corrected chi connectivity index (χ4v) is 3.17. The molecule has 2 heterocycles. The van der Waals surface area contributed by atoms with Crippen molar-refractivity contribution in [1.82, 2.24) is 5.16 Å². The number of carboxylic acid groups (broad SMARTS) is 1. The van der Waals surface area contributed by atoms with Crippen LogP contribution >= 0.6 is 11.3 Å². The van der Waals surface area contributed by atoms with Crippen LogP contribution in [0.3, 0.4) is 0 Å². The summed E-state index contributed by atoms with van der Waals surface area (Å²) < 4.78 is 5.36. The topological polar surface area (TPSA) is 92.4 Å². The van der Waals surface area contributed by atoms with E-state index in [1.165, 1.54) is 17.4 Å². The number of hydrogen-bond donors (Lipinski definition) is 2. The molecule has 6 nitrogen and oxygen atoms in total. The number of nitrogens with zero attached hydrogens (tertiary/aromatic N) is 1. The lowest BCUT2D eigenvalue weighted by molar-refractivity contribution is -0.116. The number of amides is 1. The number of aromatic nitrogens is 1. The summed E-state index contributed by atoms with van der Waals surface area (Å²) in [5.74, 6) is -1.10. The van der Waals surface area contributed by atoms with Crippen molar-refractivity contribution in [3.8, 4) is 22.4 Å². The molecule has 25 heavy (non-hydrogen) atoms. The summed E-state index contributed by atoms with van der Waals surface area (Å²) in [6, 6.07) is 8.46. The molecule has 0 spiro atoms. The van der Waals surface area contributed by atoms with Gasteiger partial charge in [0, 0.05) is 22.9 Å². The average Bonchev–Trinajstić information content (AvgIpc) is 3.24. The van der Waals surface area contributed by atoms with Crippen molar-refractivity contribution in [2.75, 3.05) is 5.32 Å². The first-order chi connectivity index (χ1) is 12.1. The van der Waals surface area contributed by atoms with Crippen molar-refractivity contribution in [2.45, 2.75) is 19.8 Å². The van der Waals surface area contributed by atoms with Gasteiger partial charge in [-0.2, -0.15) is 11.3 Å². The molecule has 0 radical (unpaired) electrons. The van der Waals surface area contributed by atoms with Crippen LogP contribution in [0.4, 0.5) is 5.88 Å². The molecule has 7 heteroatoms. The first kappa shape index (κ1) is 16.9. The van der Waals surface area contributed by atoms with E-state index in [2.05, 4.69) is 10.5 Å². The van der Waals surface area contributed by atoms with E-state index in [1.54, 1.807) is 18.2 Å². The Bertz CT molecular complexity index is 900. The van der Waals surface area contributed by atoms with Crippen LogP contribution in [0, 0.1) is 0 Å². The summed E-state index contributed by atoms with van der Waals surface area (Å²) in [5.41, 5.74) is 2.35. The molecule has 2 N–H and O–H groups in total. The minimum Gasteiger partial charge on any atom is -0.478 e. The number of carboxylic acids is 1. The maximum Gasteiger partial charge on any atom is 0.336 e. The van der Waals surface area contributed by atoms with E-state index in [1.807, 2.05) is 23.8 Å². The smallest absolute Gasteiger partial charge is 0.336 e. The van der Waals surface area contributed by atoms with Gasteiger partial charge in [-0.25, -0.2) is 4.79 Å². The number of rotatable bonds is 6. The quantitative estimate of drug-likeness (QED) is 0.678. The Balaban J connectivity index is 2.17. The van der Waals surface area contributed by atoms with Gasteiger partial charge in [0.15, 0.2) is 0 Å². The summed E-state index contributed by atoms with van der Waals surface area (Å²) in [7, 11) is 0. The Morgan fingerprint density at radius 3 is 2.76 bits per heavy atom. The van der Waals surface area contributed by atoms with Crippen LogP contribution < -0.4 is 5.32 Å². The second-order valence-electron chi connectivity index (χ2n) is 5.40. The van der Waals surface area contributed by atoms with Crippen LogP contribution in [0.15, 0.2) is 45.6 Å². The second kappa shape index (κ2) is 7.31. The zero-order chi connectivity index (χ0) is 17.8. The van der Waals surface area contributed by atoms with Gasteiger partial charge in [-0.15, -0.1) is 0 Å². The van der Waals surface area contributed by atoms with Gasteiger partial charge in [-0.3, -0.25) is 10.1 Å². The number of carbonyl (C=O) groups is 2. The normalized spacial score (nSPS) is 10.6. The number of anilines is 1. The standard InChI is InChI=1S/C18H16N2O4S/c1-2-5-14(21)19-17-15(12-6-3-4-7-13(12)18(22)23)16(20-24-17)11-8-9-25-10-11/h3-4,6-10H,2,5H2,1H3,(H,19,21)(H,22,23). The highest BCUT2D eigenvalue weighted by Gasteiger charge is 2.24. The molecule has 0 aliphatic carbocycles. The molecule has 3 rings (SSSR count). The zero-order valence-corrected chi connectivity index (χ0v) is 14.3. The average molecular weight is 356 g/mol. The molecule has 0 aliphatic rings. The van der Waals surface area contributed by atoms with Crippen molar-refractivity contribution < 1.29 is 19.2 Å². The van der Waals surface area contributed by atoms with Crippen molar-refractivity contribution in [3.05, 3.63) is 46.7 Å². The number of nitrogens with one attached hydrogen (secondary N) is 1. The summed E-state index contributed by atoms with van der Waals surface area (Å²) in [4.78, 5) is 23.6. The van der Waals surface area contributed by atoms with Crippen molar-refractivity contribution in [2.24, 2.45) is 0 Å². The Kier molecular flexibility index (Phi) is 4.95. The molecule has 0 atom stereocenters. The lowest BCUT2D eigenvalue weighted by Crippen LogP contribution is -2.11. The van der Waals surface area contributed by atoms with E-state index in [4.69, 9.17) is 4.52 Å². The SMILES string of the molecule is CCCC(=O)Nc1onc(-c2ccsc2)c1-c1ccccc1C(=O)O. The molecule has 0 unspecified atom stereocenters. The Morgan fingerprint density at radius 1 is 1.28 bits per heavy atom. The summed E-state index contributed by atoms with van der Waals surface area (Å²) in [5, 5.41) is 20.1. The fourth-order valence-electron chi connectivity index (χ4n) is 2.53. The second-order valence-corrected chi connectivity index (χ2v) is 6.18. The molecule has 0 aliphatic heterocycles. The van der Waals surface area contributed by atoms with Crippen molar-refractivity contribution in [3.63, 3.8) is 0 Å². The third-order valence-electron chi connectivity index (χ3n) is 3.64. The van der Waals surface area contributed by atoms with Gasteiger partial charge in [0.1, 0.15) is 5.69 Å². The zero-order valence-electron chi connectivity index (χ0n) is 13.5. The number of carbonyl (C=O) groups excluding carboxylic acids is 1.